The van der Waals surface area contributed by atoms with Crippen molar-refractivity contribution in [2.75, 3.05) is 0 Å². The lowest BCUT2D eigenvalue weighted by atomic mass is 9.80. The fraction of sp³-hybridized carbons (Fsp3) is 0.417. The fourth-order valence-corrected chi connectivity index (χ4v) is 3.77. The average molecular weight is 401 g/mol. The highest BCUT2D eigenvalue weighted by atomic mass is 19.2. The van der Waals surface area contributed by atoms with E-state index in [4.69, 9.17) is 5.73 Å². The number of alkyl halides is 4. The second kappa shape index (κ2) is 9.23. The van der Waals surface area contributed by atoms with Crippen molar-refractivity contribution in [2.24, 2.45) is 17.6 Å². The highest BCUT2D eigenvalue weighted by molar-refractivity contribution is 5.75. The Morgan fingerprint density at radius 1 is 1.14 bits per heavy atom. The van der Waals surface area contributed by atoms with Gasteiger partial charge in [0.15, 0.2) is 12.3 Å². The van der Waals surface area contributed by atoms with Crippen molar-refractivity contribution in [1.29, 1.82) is 0 Å². The zero-order valence-electron chi connectivity index (χ0n) is 16.1. The Bertz CT molecular complexity index is 897. The summed E-state index contributed by atoms with van der Waals surface area (Å²) in [6, 6.07) is 10.1. The third-order valence-electron chi connectivity index (χ3n) is 5.49. The highest BCUT2D eigenvalue weighted by Gasteiger charge is 2.37. The van der Waals surface area contributed by atoms with E-state index in [1.54, 1.807) is 12.2 Å². The minimum absolute atomic E-state index is 0.0457. The molecule has 152 valence electrons. The summed E-state index contributed by atoms with van der Waals surface area (Å²) in [5.74, 6) is 6.13. The lowest BCUT2D eigenvalue weighted by Crippen LogP contribution is -2.30. The Hall–Kier alpha value is -2.66. The molecule has 5 heteroatoms. The number of nitrogens with two attached hydrogens (primary N) is 1. The second-order valence-corrected chi connectivity index (χ2v) is 7.37. The zero-order chi connectivity index (χ0) is 21.0. The molecule has 0 bridgehead atoms. The van der Waals surface area contributed by atoms with Gasteiger partial charge in [0.1, 0.15) is 12.3 Å². The van der Waals surface area contributed by atoms with Crippen LogP contribution in [0.15, 0.2) is 42.5 Å². The number of halogens is 4. The van der Waals surface area contributed by atoms with E-state index >= 15 is 0 Å². The minimum Gasteiger partial charge on any atom is -0.359 e. The third kappa shape index (κ3) is 4.67. The molecule has 0 fully saturated rings. The lowest BCUT2D eigenvalue weighted by molar-refractivity contribution is 0.0931. The molecule has 1 nitrogen and oxygen atoms in total. The molecule has 2 N–H and O–H groups in total. The third-order valence-corrected chi connectivity index (χ3v) is 5.49. The van der Waals surface area contributed by atoms with Crippen LogP contribution in [0, 0.1) is 35.6 Å². The predicted molar refractivity (Wildman–Crippen MR) is 108 cm³/mol. The molecule has 0 saturated carbocycles. The van der Waals surface area contributed by atoms with Gasteiger partial charge in [-0.2, -0.15) is 0 Å². The van der Waals surface area contributed by atoms with Crippen molar-refractivity contribution in [3.05, 3.63) is 53.6 Å². The monoisotopic (exact) mass is 401 g/mol. The summed E-state index contributed by atoms with van der Waals surface area (Å²) in [5.41, 5.74) is 7.89. The highest BCUT2D eigenvalue weighted by Crippen LogP contribution is 2.35. The quantitative estimate of drug-likeness (QED) is 0.427. The van der Waals surface area contributed by atoms with Crippen LogP contribution in [0.1, 0.15) is 36.8 Å². The number of allylic oxidation sites excluding steroid dienone is 4. The van der Waals surface area contributed by atoms with E-state index in [9.17, 15) is 17.6 Å². The topological polar surface area (TPSA) is 26.0 Å². The molecule has 29 heavy (non-hydrogen) atoms. The van der Waals surface area contributed by atoms with Gasteiger partial charge < -0.3 is 5.73 Å². The Balaban J connectivity index is 1.75. The Morgan fingerprint density at radius 3 is 2.48 bits per heavy atom. The summed E-state index contributed by atoms with van der Waals surface area (Å²) < 4.78 is 55.7. The largest absolute Gasteiger partial charge is 0.359 e. The molecule has 3 rings (SSSR count). The van der Waals surface area contributed by atoms with Gasteiger partial charge >= 0.3 is 0 Å². The molecule has 1 aromatic carbocycles. The summed E-state index contributed by atoms with van der Waals surface area (Å²) in [4.78, 5) is 0. The maximum Gasteiger partial charge on any atom is 0.194 e. The Morgan fingerprint density at radius 2 is 1.86 bits per heavy atom. The van der Waals surface area contributed by atoms with Crippen LogP contribution >= 0.6 is 0 Å². The molecule has 0 heterocycles. The molecule has 0 aliphatic heterocycles. The average Bonchev–Trinajstić information content (AvgIpc) is 2.85. The van der Waals surface area contributed by atoms with Crippen LogP contribution < -0.4 is 5.73 Å². The molecule has 0 amide bonds. The predicted octanol–water partition coefficient (Wildman–Crippen LogP) is 5.04. The van der Waals surface area contributed by atoms with Gasteiger partial charge in [-0.1, -0.05) is 61.1 Å². The molecule has 2 aliphatic rings. The van der Waals surface area contributed by atoms with Crippen molar-refractivity contribution in [3.8, 4) is 23.8 Å². The van der Waals surface area contributed by atoms with Crippen LogP contribution in [-0.2, 0) is 0 Å². The first kappa shape index (κ1) is 21.1. The Labute approximate surface area is 169 Å². The molecule has 0 saturated heterocycles. The number of rotatable bonds is 4. The van der Waals surface area contributed by atoms with Gasteiger partial charge in [-0.15, -0.1) is 0 Å². The fourth-order valence-electron chi connectivity index (χ4n) is 3.77. The van der Waals surface area contributed by atoms with Crippen LogP contribution in [0.2, 0.25) is 0 Å². The number of hydrogen-bond donors (Lipinski definition) is 1. The number of benzene rings is 1. The van der Waals surface area contributed by atoms with E-state index in [1.807, 2.05) is 31.2 Å². The first-order valence-corrected chi connectivity index (χ1v) is 9.73. The standard InChI is InChI=1S/C24H23F4N/c1-2-15(11-12-29)16-3-5-17(6-4-16)18-7-9-20(22(26)13-18)19-8-10-21(25)24(28)23(27)14-19/h3-7,9,13,15,19-24H,2,14,29H2,1H3. The molecule has 0 aromatic heterocycles. The van der Waals surface area contributed by atoms with Gasteiger partial charge in [0.2, 0.25) is 0 Å². The summed E-state index contributed by atoms with van der Waals surface area (Å²) in [5, 5.41) is 0. The maximum atomic E-state index is 14.8. The molecular formula is C24H23F4N. The lowest BCUT2D eigenvalue weighted by Gasteiger charge is -2.26. The van der Waals surface area contributed by atoms with Crippen molar-refractivity contribution in [3.63, 3.8) is 0 Å². The van der Waals surface area contributed by atoms with Crippen LogP contribution in [0.4, 0.5) is 17.6 Å². The first-order chi connectivity index (χ1) is 13.9. The van der Waals surface area contributed by atoms with Crippen molar-refractivity contribution < 1.29 is 17.6 Å². The molecule has 0 radical (unpaired) electrons. The summed E-state index contributed by atoms with van der Waals surface area (Å²) in [6.07, 6.45) is -2.51. The molecule has 0 spiro atoms. The van der Waals surface area contributed by atoms with Crippen molar-refractivity contribution >= 4 is 5.57 Å². The summed E-state index contributed by atoms with van der Waals surface area (Å²) in [7, 11) is 0. The second-order valence-electron chi connectivity index (χ2n) is 7.37. The molecule has 7 unspecified atom stereocenters. The van der Waals surface area contributed by atoms with Gasteiger partial charge in [0, 0.05) is 23.8 Å². The molecule has 2 aliphatic carbocycles. The van der Waals surface area contributed by atoms with E-state index in [0.29, 0.717) is 5.57 Å². The normalized spacial score (nSPS) is 32.1. The van der Waals surface area contributed by atoms with Gasteiger partial charge in [-0.25, -0.2) is 17.6 Å². The molecule has 1 aromatic rings. The van der Waals surface area contributed by atoms with Crippen LogP contribution in [0.5, 0.6) is 0 Å². The van der Waals surface area contributed by atoms with Crippen LogP contribution in [-0.4, -0.2) is 24.7 Å². The smallest absolute Gasteiger partial charge is 0.194 e. The Kier molecular flexibility index (Phi) is 6.70. The van der Waals surface area contributed by atoms with E-state index in [-0.39, 0.29) is 12.3 Å². The van der Waals surface area contributed by atoms with Crippen LogP contribution in [0.25, 0.3) is 5.57 Å². The van der Waals surface area contributed by atoms with Gasteiger partial charge in [-0.05, 0) is 35.6 Å². The zero-order valence-corrected chi connectivity index (χ0v) is 16.1. The van der Waals surface area contributed by atoms with Gasteiger partial charge in [0.05, 0.1) is 0 Å². The van der Waals surface area contributed by atoms with E-state index in [1.165, 1.54) is 6.08 Å². The summed E-state index contributed by atoms with van der Waals surface area (Å²) in [6.45, 7) is 2.03. The van der Waals surface area contributed by atoms with Gasteiger partial charge in [-0.3, -0.25) is 0 Å². The van der Waals surface area contributed by atoms with Crippen molar-refractivity contribution in [1.82, 2.24) is 0 Å². The molecular weight excluding hydrogens is 378 g/mol. The van der Waals surface area contributed by atoms with Crippen LogP contribution in [0.3, 0.4) is 0 Å². The van der Waals surface area contributed by atoms with E-state index < -0.39 is 36.5 Å². The molecule has 7 atom stereocenters. The van der Waals surface area contributed by atoms with E-state index in [2.05, 4.69) is 23.8 Å². The van der Waals surface area contributed by atoms with Gasteiger partial charge in [0.25, 0.3) is 0 Å². The minimum atomic E-state index is -2.28. The summed E-state index contributed by atoms with van der Waals surface area (Å²) >= 11 is 0. The SMILES string of the molecule is CCC(C#CN)c1ccc(C2=CC(F)C(C3C#CC(F)C(F)C(F)C3)C=C2)cc1. The maximum absolute atomic E-state index is 14.8. The van der Waals surface area contributed by atoms with Crippen molar-refractivity contribution in [2.45, 2.75) is 50.4 Å². The first-order valence-electron chi connectivity index (χ1n) is 9.73. The van der Waals surface area contributed by atoms with E-state index in [0.717, 1.165) is 17.5 Å². The number of hydrogen-bond acceptors (Lipinski definition) is 1.